The highest BCUT2D eigenvalue weighted by Gasteiger charge is 2.20. The molecule has 0 unspecified atom stereocenters. The minimum atomic E-state index is -1.49. The summed E-state index contributed by atoms with van der Waals surface area (Å²) in [6.07, 6.45) is 0. The predicted octanol–water partition coefficient (Wildman–Crippen LogP) is -0.705. The van der Waals surface area contributed by atoms with Gasteiger partial charge in [-0.05, 0) is 0 Å². The molecule has 0 bridgehead atoms. The SMILES string of the molecule is Nc1c(F)c(C(=O)O)nn1CCO. The van der Waals surface area contributed by atoms with Crippen molar-refractivity contribution in [3.63, 3.8) is 0 Å². The summed E-state index contributed by atoms with van der Waals surface area (Å²) in [5.41, 5.74) is 4.45. The van der Waals surface area contributed by atoms with Crippen LogP contribution in [0.25, 0.3) is 0 Å². The molecular weight excluding hydrogens is 181 g/mol. The number of aromatic nitrogens is 2. The first-order chi connectivity index (χ1) is 6.07. The summed E-state index contributed by atoms with van der Waals surface area (Å²) in [6, 6.07) is 0. The molecule has 7 heteroatoms. The average molecular weight is 189 g/mol. The van der Waals surface area contributed by atoms with Gasteiger partial charge in [-0.3, -0.25) is 0 Å². The van der Waals surface area contributed by atoms with Gasteiger partial charge >= 0.3 is 5.97 Å². The Hall–Kier alpha value is -1.63. The molecule has 0 saturated carbocycles. The standard InChI is InChI=1S/C6H8FN3O3/c7-3-4(6(12)13)9-10(1-2-11)5(3)8/h11H,1-2,8H2,(H,12,13). The van der Waals surface area contributed by atoms with E-state index in [1.807, 2.05) is 0 Å². The number of nitrogens with two attached hydrogens (primary N) is 1. The lowest BCUT2D eigenvalue weighted by Crippen LogP contribution is -2.08. The number of aliphatic hydroxyl groups excluding tert-OH is 1. The van der Waals surface area contributed by atoms with Gasteiger partial charge in [-0.25, -0.2) is 13.9 Å². The highest BCUT2D eigenvalue weighted by Crippen LogP contribution is 2.13. The third kappa shape index (κ3) is 1.59. The smallest absolute Gasteiger partial charge is 0.359 e. The van der Waals surface area contributed by atoms with Gasteiger partial charge in [0.15, 0.2) is 11.6 Å². The van der Waals surface area contributed by atoms with Crippen LogP contribution in [0.15, 0.2) is 0 Å². The summed E-state index contributed by atoms with van der Waals surface area (Å²) < 4.78 is 13.8. The molecule has 0 fully saturated rings. The molecule has 0 amide bonds. The van der Waals surface area contributed by atoms with Crippen LogP contribution >= 0.6 is 0 Å². The molecule has 6 nitrogen and oxygen atoms in total. The normalized spacial score (nSPS) is 10.3. The zero-order valence-corrected chi connectivity index (χ0v) is 6.57. The zero-order valence-electron chi connectivity index (χ0n) is 6.57. The van der Waals surface area contributed by atoms with Gasteiger partial charge < -0.3 is 15.9 Å². The van der Waals surface area contributed by atoms with Crippen LogP contribution in [0.5, 0.6) is 0 Å². The summed E-state index contributed by atoms with van der Waals surface area (Å²) in [6.45, 7) is -0.319. The van der Waals surface area contributed by atoms with Crippen LogP contribution in [0.4, 0.5) is 10.2 Å². The second-order valence-corrected chi connectivity index (χ2v) is 2.30. The van der Waals surface area contributed by atoms with Crippen molar-refractivity contribution in [2.75, 3.05) is 12.3 Å². The number of nitrogen functional groups attached to an aromatic ring is 1. The van der Waals surface area contributed by atoms with Crippen molar-refractivity contribution in [3.8, 4) is 0 Å². The average Bonchev–Trinajstić information content (AvgIpc) is 2.33. The maximum atomic E-state index is 12.9. The van der Waals surface area contributed by atoms with Gasteiger partial charge in [0, 0.05) is 0 Å². The van der Waals surface area contributed by atoms with Crippen LogP contribution < -0.4 is 5.73 Å². The van der Waals surface area contributed by atoms with E-state index in [2.05, 4.69) is 5.10 Å². The number of anilines is 1. The molecule has 0 atom stereocenters. The van der Waals surface area contributed by atoms with Crippen molar-refractivity contribution >= 4 is 11.8 Å². The quantitative estimate of drug-likeness (QED) is 0.583. The van der Waals surface area contributed by atoms with E-state index in [1.54, 1.807) is 0 Å². The Labute approximate surface area is 72.4 Å². The number of rotatable bonds is 3. The molecule has 1 rings (SSSR count). The number of nitrogens with zero attached hydrogens (tertiary/aromatic N) is 2. The molecule has 1 heterocycles. The fourth-order valence-corrected chi connectivity index (χ4v) is 0.855. The zero-order chi connectivity index (χ0) is 10.0. The van der Waals surface area contributed by atoms with Crippen molar-refractivity contribution in [1.29, 1.82) is 0 Å². The van der Waals surface area contributed by atoms with Crippen LogP contribution in [-0.4, -0.2) is 32.6 Å². The summed E-state index contributed by atoms with van der Waals surface area (Å²) in [7, 11) is 0. The topological polar surface area (TPSA) is 101 Å². The minimum Gasteiger partial charge on any atom is -0.476 e. The maximum absolute atomic E-state index is 12.9. The van der Waals surface area contributed by atoms with Crippen molar-refractivity contribution in [3.05, 3.63) is 11.5 Å². The van der Waals surface area contributed by atoms with E-state index in [9.17, 15) is 9.18 Å². The van der Waals surface area contributed by atoms with Gasteiger partial charge in [-0.1, -0.05) is 0 Å². The van der Waals surface area contributed by atoms with E-state index < -0.39 is 17.5 Å². The summed E-state index contributed by atoms with van der Waals surface area (Å²) in [4.78, 5) is 10.4. The number of halogens is 1. The van der Waals surface area contributed by atoms with Crippen LogP contribution in [-0.2, 0) is 6.54 Å². The predicted molar refractivity (Wildman–Crippen MR) is 40.6 cm³/mol. The maximum Gasteiger partial charge on any atom is 0.359 e. The number of carbonyl (C=O) groups is 1. The first kappa shape index (κ1) is 9.46. The number of hydrogen-bond acceptors (Lipinski definition) is 4. The molecule has 0 saturated heterocycles. The molecule has 0 aliphatic rings. The molecule has 0 aliphatic heterocycles. The van der Waals surface area contributed by atoms with Gasteiger partial charge in [-0.2, -0.15) is 5.10 Å². The van der Waals surface area contributed by atoms with Gasteiger partial charge in [0.25, 0.3) is 0 Å². The Morgan fingerprint density at radius 3 is 2.69 bits per heavy atom. The number of carboxylic acid groups (broad SMARTS) is 1. The van der Waals surface area contributed by atoms with Crippen molar-refractivity contribution in [2.45, 2.75) is 6.54 Å². The fraction of sp³-hybridized carbons (Fsp3) is 0.333. The lowest BCUT2D eigenvalue weighted by molar-refractivity contribution is 0.0684. The lowest BCUT2D eigenvalue weighted by Gasteiger charge is -1.98. The summed E-state index contributed by atoms with van der Waals surface area (Å²) in [5.74, 6) is -2.94. The molecule has 0 aliphatic carbocycles. The van der Waals surface area contributed by atoms with Crippen molar-refractivity contribution in [2.24, 2.45) is 0 Å². The molecule has 0 aromatic carbocycles. The fourth-order valence-electron chi connectivity index (χ4n) is 0.855. The Balaban J connectivity index is 3.12. The number of aromatic carboxylic acids is 1. The lowest BCUT2D eigenvalue weighted by atomic mass is 10.4. The molecular formula is C6H8FN3O3. The Morgan fingerprint density at radius 2 is 2.31 bits per heavy atom. The largest absolute Gasteiger partial charge is 0.476 e. The van der Waals surface area contributed by atoms with Gasteiger partial charge in [0.05, 0.1) is 13.2 Å². The molecule has 0 spiro atoms. The van der Waals surface area contributed by atoms with E-state index in [0.717, 1.165) is 4.68 Å². The van der Waals surface area contributed by atoms with E-state index in [-0.39, 0.29) is 19.0 Å². The Morgan fingerprint density at radius 1 is 1.69 bits per heavy atom. The molecule has 0 radical (unpaired) electrons. The van der Waals surface area contributed by atoms with Crippen molar-refractivity contribution in [1.82, 2.24) is 9.78 Å². The van der Waals surface area contributed by atoms with Gasteiger partial charge in [-0.15, -0.1) is 0 Å². The van der Waals surface area contributed by atoms with E-state index >= 15 is 0 Å². The number of hydrogen-bond donors (Lipinski definition) is 3. The minimum absolute atomic E-state index is 0.0317. The van der Waals surface area contributed by atoms with Crippen molar-refractivity contribution < 1.29 is 19.4 Å². The molecule has 4 N–H and O–H groups in total. The highest BCUT2D eigenvalue weighted by atomic mass is 19.1. The van der Waals surface area contributed by atoms with E-state index in [1.165, 1.54) is 0 Å². The monoisotopic (exact) mass is 189 g/mol. The van der Waals surface area contributed by atoms with Gasteiger partial charge in [0.1, 0.15) is 0 Å². The molecule has 72 valence electrons. The Kier molecular flexibility index (Phi) is 2.47. The first-order valence-corrected chi connectivity index (χ1v) is 3.44. The first-order valence-electron chi connectivity index (χ1n) is 3.44. The van der Waals surface area contributed by atoms with Crippen LogP contribution in [0.3, 0.4) is 0 Å². The molecule has 1 aromatic rings. The second-order valence-electron chi connectivity index (χ2n) is 2.30. The molecule has 13 heavy (non-hydrogen) atoms. The van der Waals surface area contributed by atoms with Crippen LogP contribution in [0, 0.1) is 5.82 Å². The second kappa shape index (κ2) is 3.40. The van der Waals surface area contributed by atoms with E-state index in [4.69, 9.17) is 15.9 Å². The highest BCUT2D eigenvalue weighted by molar-refractivity contribution is 5.86. The summed E-state index contributed by atoms with van der Waals surface area (Å²) >= 11 is 0. The molecule has 1 aromatic heterocycles. The summed E-state index contributed by atoms with van der Waals surface area (Å²) in [5, 5.41) is 20.3. The van der Waals surface area contributed by atoms with Gasteiger partial charge in [0.2, 0.25) is 5.69 Å². The van der Waals surface area contributed by atoms with Crippen LogP contribution in [0.2, 0.25) is 0 Å². The third-order valence-electron chi connectivity index (χ3n) is 1.45. The third-order valence-corrected chi connectivity index (χ3v) is 1.45. The number of carboxylic acids is 1. The Bertz CT molecular complexity index is 336. The van der Waals surface area contributed by atoms with Crippen LogP contribution in [0.1, 0.15) is 10.5 Å². The van der Waals surface area contributed by atoms with E-state index in [0.29, 0.717) is 0 Å². The number of aliphatic hydroxyl groups is 1.